The van der Waals surface area contributed by atoms with Crippen LogP contribution in [-0.2, 0) is 0 Å². The Morgan fingerprint density at radius 2 is 1.95 bits per heavy atom. The zero-order valence-electron chi connectivity index (χ0n) is 11.6. The molecule has 0 saturated carbocycles. The summed E-state index contributed by atoms with van der Waals surface area (Å²) in [6, 6.07) is 9.64. The predicted octanol–water partition coefficient (Wildman–Crippen LogP) is 3.21. The third kappa shape index (κ3) is 2.46. The van der Waals surface area contributed by atoms with Crippen molar-refractivity contribution in [2.45, 2.75) is 19.8 Å². The van der Waals surface area contributed by atoms with Crippen LogP contribution in [0.5, 0.6) is 0 Å². The van der Waals surface area contributed by atoms with Crippen molar-refractivity contribution in [1.82, 2.24) is 9.88 Å². The maximum atomic E-state index is 12.6. The number of hydrogen-bond donors (Lipinski definition) is 0. The van der Waals surface area contributed by atoms with E-state index in [0.29, 0.717) is 17.4 Å². The van der Waals surface area contributed by atoms with Crippen LogP contribution in [0.4, 0.5) is 0 Å². The van der Waals surface area contributed by atoms with Crippen LogP contribution in [-0.4, -0.2) is 28.9 Å². The highest BCUT2D eigenvalue weighted by molar-refractivity contribution is 5.97. The molecule has 2 heterocycles. The van der Waals surface area contributed by atoms with E-state index in [2.05, 4.69) is 11.9 Å². The second-order valence-corrected chi connectivity index (χ2v) is 5.37. The van der Waals surface area contributed by atoms with Crippen LogP contribution in [0.2, 0.25) is 0 Å². The largest absolute Gasteiger partial charge is 0.443 e. The van der Waals surface area contributed by atoms with Gasteiger partial charge in [-0.25, -0.2) is 4.98 Å². The molecule has 0 unspecified atom stereocenters. The van der Waals surface area contributed by atoms with E-state index < -0.39 is 0 Å². The van der Waals surface area contributed by atoms with Crippen LogP contribution < -0.4 is 0 Å². The topological polar surface area (TPSA) is 46.3 Å². The maximum absolute atomic E-state index is 12.6. The molecule has 1 aliphatic rings. The van der Waals surface area contributed by atoms with E-state index in [1.807, 2.05) is 35.2 Å². The second-order valence-electron chi connectivity index (χ2n) is 5.37. The normalized spacial score (nSPS) is 16.4. The van der Waals surface area contributed by atoms with Gasteiger partial charge < -0.3 is 9.32 Å². The molecular formula is C16H18N2O2. The van der Waals surface area contributed by atoms with E-state index in [4.69, 9.17) is 4.42 Å². The summed E-state index contributed by atoms with van der Waals surface area (Å²) in [5.74, 6) is 1.24. The summed E-state index contributed by atoms with van der Waals surface area (Å²) in [6.45, 7) is 3.84. The van der Waals surface area contributed by atoms with E-state index >= 15 is 0 Å². The molecule has 0 N–H and O–H groups in total. The second kappa shape index (κ2) is 5.49. The summed E-state index contributed by atoms with van der Waals surface area (Å²) < 4.78 is 5.43. The summed E-state index contributed by atoms with van der Waals surface area (Å²) in [6.07, 6.45) is 3.47. The van der Waals surface area contributed by atoms with Crippen LogP contribution in [0.1, 0.15) is 30.3 Å². The molecule has 1 amide bonds. The van der Waals surface area contributed by atoms with Crippen molar-refractivity contribution in [3.05, 3.63) is 42.4 Å². The summed E-state index contributed by atoms with van der Waals surface area (Å²) in [4.78, 5) is 18.6. The zero-order valence-corrected chi connectivity index (χ0v) is 11.6. The van der Waals surface area contributed by atoms with Crippen LogP contribution in [0.3, 0.4) is 0 Å². The fourth-order valence-electron chi connectivity index (χ4n) is 2.55. The molecule has 1 aromatic heterocycles. The Kier molecular flexibility index (Phi) is 3.54. The van der Waals surface area contributed by atoms with Crippen molar-refractivity contribution >= 4 is 5.91 Å². The molecule has 0 aliphatic carbocycles. The van der Waals surface area contributed by atoms with Crippen molar-refractivity contribution in [3.63, 3.8) is 0 Å². The number of amides is 1. The van der Waals surface area contributed by atoms with E-state index in [-0.39, 0.29) is 5.91 Å². The molecule has 1 aliphatic heterocycles. The highest BCUT2D eigenvalue weighted by atomic mass is 16.3. The lowest BCUT2D eigenvalue weighted by molar-refractivity contribution is 0.0692. The van der Waals surface area contributed by atoms with Gasteiger partial charge in [-0.1, -0.05) is 37.3 Å². The molecule has 4 nitrogen and oxygen atoms in total. The van der Waals surface area contributed by atoms with Gasteiger partial charge >= 0.3 is 0 Å². The third-order valence-electron chi connectivity index (χ3n) is 3.88. The van der Waals surface area contributed by atoms with Gasteiger partial charge in [0.2, 0.25) is 0 Å². The predicted molar refractivity (Wildman–Crippen MR) is 76.2 cm³/mol. The molecule has 0 spiro atoms. The molecule has 1 aromatic carbocycles. The third-order valence-corrected chi connectivity index (χ3v) is 3.88. The molecule has 20 heavy (non-hydrogen) atoms. The van der Waals surface area contributed by atoms with Gasteiger partial charge in [0, 0.05) is 18.7 Å². The molecule has 1 fully saturated rings. The summed E-state index contributed by atoms with van der Waals surface area (Å²) >= 11 is 0. The lowest BCUT2D eigenvalue weighted by Crippen LogP contribution is -2.38. The zero-order chi connectivity index (χ0) is 13.9. The minimum atomic E-state index is -0.0236. The van der Waals surface area contributed by atoms with Gasteiger partial charge in [0.1, 0.15) is 0 Å². The first-order valence-corrected chi connectivity index (χ1v) is 7.04. The van der Waals surface area contributed by atoms with Gasteiger partial charge in [0.05, 0.1) is 0 Å². The highest BCUT2D eigenvalue weighted by Gasteiger charge is 2.26. The molecule has 1 saturated heterocycles. The van der Waals surface area contributed by atoms with Crippen molar-refractivity contribution in [3.8, 4) is 11.3 Å². The molecular weight excluding hydrogens is 252 g/mol. The molecule has 4 heteroatoms. The maximum Gasteiger partial charge on any atom is 0.276 e. The number of piperidine rings is 1. The lowest BCUT2D eigenvalue weighted by atomic mass is 9.99. The van der Waals surface area contributed by atoms with Crippen LogP contribution in [0.15, 0.2) is 41.1 Å². The molecule has 0 radical (unpaired) electrons. The number of oxazole rings is 1. The van der Waals surface area contributed by atoms with Crippen LogP contribution in [0, 0.1) is 5.92 Å². The first-order chi connectivity index (χ1) is 9.75. The van der Waals surface area contributed by atoms with E-state index in [9.17, 15) is 4.79 Å². The van der Waals surface area contributed by atoms with Crippen LogP contribution >= 0.6 is 0 Å². The van der Waals surface area contributed by atoms with Gasteiger partial charge in [0.15, 0.2) is 17.8 Å². The number of rotatable bonds is 2. The molecule has 104 valence electrons. The first-order valence-electron chi connectivity index (χ1n) is 7.04. The highest BCUT2D eigenvalue weighted by Crippen LogP contribution is 2.25. The number of carbonyl (C=O) groups is 1. The molecule has 2 aromatic rings. The standard InChI is InChI=1S/C16H18N2O2/c1-12-7-9-18(10-8-12)16(19)14-15(20-11-17-14)13-5-3-2-4-6-13/h2-6,11-12H,7-10H2,1H3. The monoisotopic (exact) mass is 270 g/mol. The van der Waals surface area contributed by atoms with E-state index in [1.54, 1.807) is 0 Å². The Bertz CT molecular complexity index is 584. The number of benzene rings is 1. The SMILES string of the molecule is CC1CCN(C(=O)c2ncoc2-c2ccccc2)CC1. The average Bonchev–Trinajstić information content (AvgIpc) is 2.97. The van der Waals surface area contributed by atoms with Gasteiger partial charge in [-0.3, -0.25) is 4.79 Å². The summed E-state index contributed by atoms with van der Waals surface area (Å²) in [7, 11) is 0. The minimum Gasteiger partial charge on any atom is -0.443 e. The Hall–Kier alpha value is -2.10. The Morgan fingerprint density at radius 3 is 2.65 bits per heavy atom. The minimum absolute atomic E-state index is 0.0236. The first kappa shape index (κ1) is 12.9. The number of carbonyl (C=O) groups excluding carboxylic acids is 1. The molecule has 0 atom stereocenters. The molecule has 3 rings (SSSR count). The Morgan fingerprint density at radius 1 is 1.25 bits per heavy atom. The van der Waals surface area contributed by atoms with E-state index in [0.717, 1.165) is 31.5 Å². The fourth-order valence-corrected chi connectivity index (χ4v) is 2.55. The lowest BCUT2D eigenvalue weighted by Gasteiger charge is -2.29. The smallest absolute Gasteiger partial charge is 0.276 e. The number of likely N-dealkylation sites (tertiary alicyclic amines) is 1. The van der Waals surface area contributed by atoms with Crippen LogP contribution in [0.25, 0.3) is 11.3 Å². The van der Waals surface area contributed by atoms with E-state index in [1.165, 1.54) is 6.39 Å². The number of nitrogens with zero attached hydrogens (tertiary/aromatic N) is 2. The van der Waals surface area contributed by atoms with Gasteiger partial charge in [-0.15, -0.1) is 0 Å². The van der Waals surface area contributed by atoms with Crippen molar-refractivity contribution in [2.24, 2.45) is 5.92 Å². The molecule has 0 bridgehead atoms. The summed E-state index contributed by atoms with van der Waals surface area (Å²) in [5.41, 5.74) is 1.31. The summed E-state index contributed by atoms with van der Waals surface area (Å²) in [5, 5.41) is 0. The van der Waals surface area contributed by atoms with Gasteiger partial charge in [-0.05, 0) is 18.8 Å². The number of aromatic nitrogens is 1. The van der Waals surface area contributed by atoms with Crippen molar-refractivity contribution in [1.29, 1.82) is 0 Å². The Balaban J connectivity index is 1.85. The van der Waals surface area contributed by atoms with Gasteiger partial charge in [-0.2, -0.15) is 0 Å². The van der Waals surface area contributed by atoms with Gasteiger partial charge in [0.25, 0.3) is 5.91 Å². The van der Waals surface area contributed by atoms with Crippen molar-refractivity contribution < 1.29 is 9.21 Å². The fraction of sp³-hybridized carbons (Fsp3) is 0.375. The van der Waals surface area contributed by atoms with Crippen molar-refractivity contribution in [2.75, 3.05) is 13.1 Å². The Labute approximate surface area is 118 Å². The quantitative estimate of drug-likeness (QED) is 0.841. The average molecular weight is 270 g/mol. The number of hydrogen-bond acceptors (Lipinski definition) is 3.